The maximum absolute atomic E-state index is 12.4. The summed E-state index contributed by atoms with van der Waals surface area (Å²) in [5.74, 6) is -0.777. The molecular weight excluding hydrogens is 320 g/mol. The molecule has 142 valence electrons. The van der Waals surface area contributed by atoms with Crippen molar-refractivity contribution in [1.82, 2.24) is 0 Å². The molecule has 0 unspecified atom stereocenters. The minimum Gasteiger partial charge on any atom is -0.453 e. The van der Waals surface area contributed by atoms with Crippen LogP contribution in [0.25, 0.3) is 0 Å². The van der Waals surface area contributed by atoms with Gasteiger partial charge in [0.25, 0.3) is 0 Å². The Morgan fingerprint density at radius 2 is 1.88 bits per heavy atom. The van der Waals surface area contributed by atoms with Crippen molar-refractivity contribution in [3.05, 3.63) is 23.8 Å². The van der Waals surface area contributed by atoms with Crippen molar-refractivity contribution in [3.63, 3.8) is 0 Å². The SMILES string of the molecule is C=C1C(=O)O[C@]2(C)CC[C@@H]1C[C@H](O)[C@@](C)(O)CC/C=C(\C)CC[C@@H]2O. The van der Waals surface area contributed by atoms with Crippen molar-refractivity contribution in [1.29, 1.82) is 0 Å². The summed E-state index contributed by atoms with van der Waals surface area (Å²) in [5, 5.41) is 31.8. The van der Waals surface area contributed by atoms with Gasteiger partial charge in [-0.3, -0.25) is 0 Å². The van der Waals surface area contributed by atoms with Gasteiger partial charge in [0.2, 0.25) is 0 Å². The molecule has 2 bridgehead atoms. The van der Waals surface area contributed by atoms with E-state index in [1.165, 1.54) is 0 Å². The number of fused-ring (bicyclic) bond motifs is 3. The van der Waals surface area contributed by atoms with Gasteiger partial charge in [-0.15, -0.1) is 0 Å². The molecule has 0 radical (unpaired) electrons. The second-order valence-electron chi connectivity index (χ2n) is 8.22. The lowest BCUT2D eigenvalue weighted by molar-refractivity contribution is -0.165. The van der Waals surface area contributed by atoms with E-state index in [4.69, 9.17) is 4.74 Å². The average molecular weight is 352 g/mol. The molecule has 5 nitrogen and oxygen atoms in total. The van der Waals surface area contributed by atoms with Crippen molar-refractivity contribution in [2.24, 2.45) is 5.92 Å². The lowest BCUT2D eigenvalue weighted by Crippen LogP contribution is -2.43. The Bertz CT molecular complexity index is 550. The molecule has 1 aliphatic carbocycles. The largest absolute Gasteiger partial charge is 0.453 e. The third-order valence-corrected chi connectivity index (χ3v) is 5.96. The third kappa shape index (κ3) is 4.72. The maximum atomic E-state index is 12.4. The number of ether oxygens (including phenoxy) is 1. The Kier molecular flexibility index (Phi) is 6.13. The van der Waals surface area contributed by atoms with Gasteiger partial charge < -0.3 is 20.1 Å². The Balaban J connectivity index is 2.33. The number of carbonyl (C=O) groups excluding carboxylic acids is 1. The molecule has 25 heavy (non-hydrogen) atoms. The smallest absolute Gasteiger partial charge is 0.334 e. The van der Waals surface area contributed by atoms with Crippen molar-refractivity contribution in [2.45, 2.75) is 89.1 Å². The minimum absolute atomic E-state index is 0.260. The fourth-order valence-corrected chi connectivity index (χ4v) is 3.70. The number of aliphatic hydroxyl groups excluding tert-OH is 2. The van der Waals surface area contributed by atoms with E-state index in [-0.39, 0.29) is 12.3 Å². The predicted octanol–water partition coefficient (Wildman–Crippen LogP) is 2.64. The summed E-state index contributed by atoms with van der Waals surface area (Å²) < 4.78 is 5.60. The highest BCUT2D eigenvalue weighted by molar-refractivity contribution is 5.89. The van der Waals surface area contributed by atoms with E-state index >= 15 is 0 Å². The highest BCUT2D eigenvalue weighted by atomic mass is 16.6. The zero-order chi connectivity index (χ0) is 18.8. The van der Waals surface area contributed by atoms with Gasteiger partial charge in [0.05, 0.1) is 17.8 Å². The van der Waals surface area contributed by atoms with E-state index in [0.29, 0.717) is 44.1 Å². The van der Waals surface area contributed by atoms with Crippen molar-refractivity contribution in [3.8, 4) is 0 Å². The van der Waals surface area contributed by atoms with Gasteiger partial charge >= 0.3 is 5.97 Å². The van der Waals surface area contributed by atoms with Gasteiger partial charge in [0.15, 0.2) is 0 Å². The minimum atomic E-state index is -1.22. The molecule has 0 aromatic carbocycles. The number of rotatable bonds is 0. The van der Waals surface area contributed by atoms with E-state index < -0.39 is 29.4 Å². The van der Waals surface area contributed by atoms with E-state index in [1.54, 1.807) is 13.8 Å². The molecule has 5 atom stereocenters. The standard InChI is InChI=1S/C20H32O5/c1-13-6-5-10-19(3,24)17(22)12-15-9-11-20(4,16(21)8-7-13)25-18(23)14(15)2/h6,15-17,21-22,24H,2,5,7-12H2,1,3-4H3/b13-6+/t15-,16+,17+,19+,20-/m1/s1. The molecule has 2 aliphatic rings. The molecule has 0 spiro atoms. The number of aliphatic hydroxyl groups is 3. The van der Waals surface area contributed by atoms with Crippen molar-refractivity contribution < 1.29 is 24.9 Å². The van der Waals surface area contributed by atoms with Gasteiger partial charge in [0.1, 0.15) is 5.60 Å². The molecule has 5 heteroatoms. The van der Waals surface area contributed by atoms with Crippen LogP contribution in [0.3, 0.4) is 0 Å². The molecule has 1 saturated heterocycles. The van der Waals surface area contributed by atoms with Crippen LogP contribution in [0.15, 0.2) is 23.8 Å². The molecule has 0 aromatic heterocycles. The van der Waals surface area contributed by atoms with Crippen LogP contribution in [0, 0.1) is 5.92 Å². The lowest BCUT2D eigenvalue weighted by Gasteiger charge is -2.33. The molecule has 0 aromatic rings. The van der Waals surface area contributed by atoms with Crippen LogP contribution < -0.4 is 0 Å². The molecule has 0 amide bonds. The van der Waals surface area contributed by atoms with E-state index in [9.17, 15) is 20.1 Å². The Labute approximate surface area is 150 Å². The lowest BCUT2D eigenvalue weighted by atomic mass is 9.80. The first-order valence-electron chi connectivity index (χ1n) is 9.21. The summed E-state index contributed by atoms with van der Waals surface area (Å²) in [7, 11) is 0. The monoisotopic (exact) mass is 352 g/mol. The van der Waals surface area contributed by atoms with Crippen LogP contribution in [0.4, 0.5) is 0 Å². The van der Waals surface area contributed by atoms with Crippen molar-refractivity contribution >= 4 is 5.97 Å². The number of allylic oxidation sites excluding steroid dienone is 2. The first kappa shape index (κ1) is 20.1. The molecule has 2 rings (SSSR count). The fourth-order valence-electron chi connectivity index (χ4n) is 3.70. The second-order valence-corrected chi connectivity index (χ2v) is 8.22. The van der Waals surface area contributed by atoms with E-state index in [0.717, 1.165) is 5.57 Å². The third-order valence-electron chi connectivity index (χ3n) is 5.96. The number of esters is 1. The summed E-state index contributed by atoms with van der Waals surface area (Å²) in [4.78, 5) is 12.4. The zero-order valence-corrected chi connectivity index (χ0v) is 15.6. The maximum Gasteiger partial charge on any atom is 0.334 e. The summed E-state index contributed by atoms with van der Waals surface area (Å²) in [6.45, 7) is 9.25. The van der Waals surface area contributed by atoms with Crippen LogP contribution in [-0.2, 0) is 9.53 Å². The summed E-state index contributed by atoms with van der Waals surface area (Å²) in [6.07, 6.45) is 4.00. The number of hydrogen-bond donors (Lipinski definition) is 3. The Morgan fingerprint density at radius 3 is 2.56 bits per heavy atom. The summed E-state index contributed by atoms with van der Waals surface area (Å²) in [6, 6.07) is 0. The second kappa shape index (κ2) is 7.60. The predicted molar refractivity (Wildman–Crippen MR) is 95.8 cm³/mol. The Hall–Kier alpha value is -1.17. The van der Waals surface area contributed by atoms with Crippen LogP contribution >= 0.6 is 0 Å². The normalized spacial score (nSPS) is 43.6. The first-order chi connectivity index (χ1) is 11.5. The summed E-state index contributed by atoms with van der Waals surface area (Å²) >= 11 is 0. The van der Waals surface area contributed by atoms with Crippen molar-refractivity contribution in [2.75, 3.05) is 0 Å². The van der Waals surface area contributed by atoms with Crippen LogP contribution in [-0.4, -0.2) is 44.7 Å². The van der Waals surface area contributed by atoms with Gasteiger partial charge in [-0.05, 0) is 71.6 Å². The highest BCUT2D eigenvalue weighted by Gasteiger charge is 2.43. The number of carbonyl (C=O) groups is 1. The van der Waals surface area contributed by atoms with Crippen LogP contribution in [0.2, 0.25) is 0 Å². The zero-order valence-electron chi connectivity index (χ0n) is 15.6. The molecular formula is C20H32O5. The van der Waals surface area contributed by atoms with Crippen LogP contribution in [0.5, 0.6) is 0 Å². The first-order valence-corrected chi connectivity index (χ1v) is 9.21. The van der Waals surface area contributed by atoms with E-state index in [1.807, 2.05) is 13.0 Å². The highest BCUT2D eigenvalue weighted by Crippen LogP contribution is 2.38. The topological polar surface area (TPSA) is 87.0 Å². The quantitative estimate of drug-likeness (QED) is 0.354. The fraction of sp³-hybridized carbons (Fsp3) is 0.750. The molecule has 1 aliphatic heterocycles. The van der Waals surface area contributed by atoms with Gasteiger partial charge in [-0.25, -0.2) is 4.79 Å². The molecule has 3 N–H and O–H groups in total. The van der Waals surface area contributed by atoms with Gasteiger partial charge in [-0.2, -0.15) is 0 Å². The van der Waals surface area contributed by atoms with E-state index in [2.05, 4.69) is 6.58 Å². The average Bonchev–Trinajstić information content (AvgIpc) is 2.64. The molecule has 1 heterocycles. The Morgan fingerprint density at radius 1 is 1.20 bits per heavy atom. The van der Waals surface area contributed by atoms with Crippen LogP contribution in [0.1, 0.15) is 65.7 Å². The number of hydrogen-bond acceptors (Lipinski definition) is 5. The molecule has 1 fully saturated rings. The van der Waals surface area contributed by atoms with Gasteiger partial charge in [-0.1, -0.05) is 18.2 Å². The molecule has 0 saturated carbocycles. The summed E-state index contributed by atoms with van der Waals surface area (Å²) in [5.41, 5.74) is -0.741. The van der Waals surface area contributed by atoms with Gasteiger partial charge in [0, 0.05) is 5.57 Å².